The molecule has 0 spiro atoms. The molecule has 142 valence electrons. The summed E-state index contributed by atoms with van der Waals surface area (Å²) in [4.78, 5) is 28.1. The number of rotatable bonds is 6. The number of halogens is 2. The van der Waals surface area contributed by atoms with E-state index in [1.54, 1.807) is 54.9 Å². The Bertz CT molecular complexity index is 982. The minimum absolute atomic E-state index is 0.0132. The van der Waals surface area contributed by atoms with Gasteiger partial charge in [0.15, 0.2) is 18.2 Å². The number of amides is 2. The van der Waals surface area contributed by atoms with Gasteiger partial charge in [-0.15, -0.1) is 0 Å². The molecule has 0 unspecified atom stereocenters. The van der Waals surface area contributed by atoms with E-state index < -0.39 is 11.7 Å². The number of aromatic nitrogens is 1. The summed E-state index contributed by atoms with van der Waals surface area (Å²) in [5.41, 5.74) is 1.50. The van der Waals surface area contributed by atoms with Gasteiger partial charge in [0, 0.05) is 21.9 Å². The molecule has 2 N–H and O–H groups in total. The highest BCUT2D eigenvalue weighted by Crippen LogP contribution is 2.21. The maximum atomic E-state index is 13.7. The fourth-order valence-electron chi connectivity index (χ4n) is 2.28. The first-order chi connectivity index (χ1) is 13.5. The lowest BCUT2D eigenvalue weighted by molar-refractivity contribution is -0.118. The smallest absolute Gasteiger partial charge is 0.262 e. The zero-order valence-corrected chi connectivity index (χ0v) is 16.1. The van der Waals surface area contributed by atoms with E-state index in [2.05, 4.69) is 31.5 Å². The summed E-state index contributed by atoms with van der Waals surface area (Å²) in [6.45, 7) is -0.345. The van der Waals surface area contributed by atoms with E-state index in [9.17, 15) is 14.0 Å². The Labute approximate surface area is 168 Å². The zero-order chi connectivity index (χ0) is 19.9. The monoisotopic (exact) mass is 443 g/mol. The van der Waals surface area contributed by atoms with Crippen LogP contribution in [0.1, 0.15) is 10.4 Å². The molecule has 2 amide bonds. The first kappa shape index (κ1) is 19.5. The normalized spacial score (nSPS) is 10.2. The Morgan fingerprint density at radius 2 is 1.82 bits per heavy atom. The highest BCUT2D eigenvalue weighted by molar-refractivity contribution is 9.10. The Morgan fingerprint density at radius 3 is 2.50 bits per heavy atom. The lowest BCUT2D eigenvalue weighted by atomic mass is 10.2. The average Bonchev–Trinajstić information content (AvgIpc) is 2.68. The number of ether oxygens (including phenoxy) is 1. The Kier molecular flexibility index (Phi) is 6.33. The van der Waals surface area contributed by atoms with Crippen molar-refractivity contribution in [2.75, 3.05) is 17.2 Å². The van der Waals surface area contributed by atoms with E-state index in [0.29, 0.717) is 21.4 Å². The number of anilines is 2. The number of pyridine rings is 1. The van der Waals surface area contributed by atoms with Crippen LogP contribution in [-0.2, 0) is 4.79 Å². The first-order valence-corrected chi connectivity index (χ1v) is 9.00. The number of nitrogens with zero attached hydrogens (tertiary/aromatic N) is 1. The first-order valence-electron chi connectivity index (χ1n) is 8.20. The van der Waals surface area contributed by atoms with Gasteiger partial charge in [-0.05, 0) is 54.6 Å². The molecule has 0 fully saturated rings. The summed E-state index contributed by atoms with van der Waals surface area (Å²) in [6.07, 6.45) is 3.16. The SMILES string of the molecule is O=C(COc1ccc(Br)cc1F)Nc1ccc(C(=O)Nc2cccnc2)cc1. The van der Waals surface area contributed by atoms with Crippen LogP contribution < -0.4 is 15.4 Å². The third kappa shape index (κ3) is 5.37. The van der Waals surface area contributed by atoms with Crippen molar-refractivity contribution in [1.82, 2.24) is 4.98 Å². The van der Waals surface area contributed by atoms with Crippen molar-refractivity contribution in [3.05, 3.63) is 82.8 Å². The Morgan fingerprint density at radius 1 is 1.04 bits per heavy atom. The molecule has 0 atom stereocenters. The van der Waals surface area contributed by atoms with Crippen LogP contribution >= 0.6 is 15.9 Å². The van der Waals surface area contributed by atoms with Gasteiger partial charge in [-0.25, -0.2) is 4.39 Å². The topological polar surface area (TPSA) is 80.3 Å². The average molecular weight is 444 g/mol. The van der Waals surface area contributed by atoms with E-state index in [1.807, 2.05) is 0 Å². The number of carbonyl (C=O) groups is 2. The number of hydrogen-bond donors (Lipinski definition) is 2. The van der Waals surface area contributed by atoms with Crippen molar-refractivity contribution < 1.29 is 18.7 Å². The fraction of sp³-hybridized carbons (Fsp3) is 0.0500. The fourth-order valence-corrected chi connectivity index (χ4v) is 2.61. The number of carbonyl (C=O) groups excluding carboxylic acids is 2. The summed E-state index contributed by atoms with van der Waals surface area (Å²) in [7, 11) is 0. The van der Waals surface area contributed by atoms with Crippen LogP contribution in [0, 0.1) is 5.82 Å². The molecule has 0 radical (unpaired) electrons. The second kappa shape index (κ2) is 9.09. The molecule has 6 nitrogen and oxygen atoms in total. The lowest BCUT2D eigenvalue weighted by Crippen LogP contribution is -2.20. The highest BCUT2D eigenvalue weighted by atomic mass is 79.9. The molecule has 0 bridgehead atoms. The molecule has 2 aromatic carbocycles. The summed E-state index contributed by atoms with van der Waals surface area (Å²) < 4.78 is 19.4. The maximum Gasteiger partial charge on any atom is 0.262 e. The molecule has 28 heavy (non-hydrogen) atoms. The third-order valence-corrected chi connectivity index (χ3v) is 4.10. The van der Waals surface area contributed by atoms with Crippen molar-refractivity contribution in [1.29, 1.82) is 0 Å². The molecule has 3 aromatic rings. The highest BCUT2D eigenvalue weighted by Gasteiger charge is 2.09. The van der Waals surface area contributed by atoms with Crippen LogP contribution in [-0.4, -0.2) is 23.4 Å². The van der Waals surface area contributed by atoms with Crippen molar-refractivity contribution in [3.63, 3.8) is 0 Å². The molecule has 0 aliphatic rings. The number of benzene rings is 2. The Hall–Kier alpha value is -3.26. The molecular weight excluding hydrogens is 429 g/mol. The summed E-state index contributed by atoms with van der Waals surface area (Å²) in [5, 5.41) is 5.34. The van der Waals surface area contributed by atoms with Crippen molar-refractivity contribution >= 4 is 39.1 Å². The second-order valence-electron chi connectivity index (χ2n) is 5.68. The van der Waals surface area contributed by atoms with Gasteiger partial charge >= 0.3 is 0 Å². The standard InChI is InChI=1S/C20H15BrFN3O3/c21-14-5-8-18(17(22)10-14)28-12-19(26)24-15-6-3-13(4-7-15)20(27)25-16-2-1-9-23-11-16/h1-11H,12H2,(H,24,26)(H,25,27). The molecular formula is C20H15BrFN3O3. The molecule has 3 rings (SSSR count). The minimum Gasteiger partial charge on any atom is -0.481 e. The second-order valence-corrected chi connectivity index (χ2v) is 6.60. The quantitative estimate of drug-likeness (QED) is 0.596. The molecule has 0 aliphatic heterocycles. The van der Waals surface area contributed by atoms with Crippen molar-refractivity contribution in [2.24, 2.45) is 0 Å². The minimum atomic E-state index is -0.564. The summed E-state index contributed by atoms with van der Waals surface area (Å²) in [5.74, 6) is -1.32. The van der Waals surface area contributed by atoms with Crippen LogP contribution in [0.5, 0.6) is 5.75 Å². The van der Waals surface area contributed by atoms with Crippen LogP contribution in [0.3, 0.4) is 0 Å². The largest absolute Gasteiger partial charge is 0.481 e. The predicted molar refractivity (Wildman–Crippen MR) is 107 cm³/mol. The predicted octanol–water partition coefficient (Wildman–Crippen LogP) is 4.25. The van der Waals surface area contributed by atoms with Gasteiger partial charge in [-0.2, -0.15) is 0 Å². The zero-order valence-electron chi connectivity index (χ0n) is 14.5. The van der Waals surface area contributed by atoms with Crippen LogP contribution in [0.2, 0.25) is 0 Å². The molecule has 8 heteroatoms. The summed E-state index contributed by atoms with van der Waals surface area (Å²) in [6, 6.07) is 14.1. The summed E-state index contributed by atoms with van der Waals surface area (Å²) >= 11 is 3.15. The Balaban J connectivity index is 1.53. The van der Waals surface area contributed by atoms with Gasteiger partial charge < -0.3 is 15.4 Å². The van der Waals surface area contributed by atoms with Gasteiger partial charge in [0.2, 0.25) is 0 Å². The van der Waals surface area contributed by atoms with Crippen LogP contribution in [0.25, 0.3) is 0 Å². The van der Waals surface area contributed by atoms with Crippen LogP contribution in [0.15, 0.2) is 71.5 Å². The van der Waals surface area contributed by atoms with Gasteiger partial charge in [-0.3, -0.25) is 14.6 Å². The van der Waals surface area contributed by atoms with E-state index in [1.165, 1.54) is 12.1 Å². The van der Waals surface area contributed by atoms with Gasteiger partial charge in [0.25, 0.3) is 11.8 Å². The van der Waals surface area contributed by atoms with E-state index >= 15 is 0 Å². The van der Waals surface area contributed by atoms with Gasteiger partial charge in [0.1, 0.15) is 0 Å². The maximum absolute atomic E-state index is 13.7. The van der Waals surface area contributed by atoms with Crippen LogP contribution in [0.4, 0.5) is 15.8 Å². The molecule has 1 aromatic heterocycles. The van der Waals surface area contributed by atoms with Gasteiger partial charge in [-0.1, -0.05) is 15.9 Å². The van der Waals surface area contributed by atoms with E-state index in [4.69, 9.17) is 4.74 Å². The van der Waals surface area contributed by atoms with E-state index in [0.717, 1.165) is 0 Å². The van der Waals surface area contributed by atoms with Crippen molar-refractivity contribution in [3.8, 4) is 5.75 Å². The number of hydrogen-bond acceptors (Lipinski definition) is 4. The molecule has 0 saturated heterocycles. The molecule has 0 aliphatic carbocycles. The molecule has 0 saturated carbocycles. The third-order valence-electron chi connectivity index (χ3n) is 3.60. The number of nitrogens with one attached hydrogen (secondary N) is 2. The van der Waals surface area contributed by atoms with Crippen molar-refractivity contribution in [2.45, 2.75) is 0 Å². The molecule has 1 heterocycles. The lowest BCUT2D eigenvalue weighted by Gasteiger charge is -2.09. The van der Waals surface area contributed by atoms with Gasteiger partial charge in [0.05, 0.1) is 11.9 Å². The van der Waals surface area contributed by atoms with E-state index in [-0.39, 0.29) is 18.3 Å².